The molecule has 3 N–H and O–H groups in total. The van der Waals surface area contributed by atoms with Crippen LogP contribution in [0.25, 0.3) is 0 Å². The summed E-state index contributed by atoms with van der Waals surface area (Å²) in [5.41, 5.74) is 6.91. The Morgan fingerprint density at radius 2 is 2.19 bits per heavy atom. The van der Waals surface area contributed by atoms with Gasteiger partial charge in [-0.3, -0.25) is 4.79 Å². The molecule has 120 valence electrons. The van der Waals surface area contributed by atoms with Crippen molar-refractivity contribution in [3.05, 3.63) is 28.2 Å². The summed E-state index contributed by atoms with van der Waals surface area (Å²) in [6.07, 6.45) is 1.16. The van der Waals surface area contributed by atoms with Crippen molar-refractivity contribution in [1.82, 2.24) is 10.2 Å². The number of likely N-dealkylation sites (tertiary alicyclic amines) is 1. The van der Waals surface area contributed by atoms with Crippen LogP contribution in [0.2, 0.25) is 0 Å². The molecule has 0 bridgehead atoms. The predicted molar refractivity (Wildman–Crippen MR) is 95.6 cm³/mol. The molecule has 0 radical (unpaired) electrons. The number of nitrogens with zero attached hydrogens (tertiary/aromatic N) is 1. The third-order valence-corrected chi connectivity index (χ3v) is 4.12. The smallest absolute Gasteiger partial charge is 0.253 e. The highest BCUT2D eigenvalue weighted by Gasteiger charge is 2.21. The summed E-state index contributed by atoms with van der Waals surface area (Å²) >= 11 is 3.34. The molecule has 0 saturated carbocycles. The topological polar surface area (TPSA) is 58.4 Å². The van der Waals surface area contributed by atoms with E-state index in [0.29, 0.717) is 17.2 Å². The van der Waals surface area contributed by atoms with E-state index in [1.165, 1.54) is 0 Å². The maximum atomic E-state index is 12.1. The number of hydrogen-bond donors (Lipinski definition) is 2. The van der Waals surface area contributed by atoms with E-state index >= 15 is 0 Å². The minimum Gasteiger partial charge on any atom is -0.398 e. The van der Waals surface area contributed by atoms with Crippen molar-refractivity contribution in [2.45, 2.75) is 13.3 Å². The lowest BCUT2D eigenvalue weighted by molar-refractivity contribution is 0.0948. The van der Waals surface area contributed by atoms with Crippen molar-refractivity contribution in [2.24, 2.45) is 5.92 Å². The first-order valence-corrected chi connectivity index (χ1v) is 7.45. The molecular weight excluding hydrogens is 377 g/mol. The van der Waals surface area contributed by atoms with Crippen LogP contribution in [0.3, 0.4) is 0 Å². The molecule has 4 nitrogen and oxygen atoms in total. The van der Waals surface area contributed by atoms with E-state index in [9.17, 15) is 4.79 Å². The normalized spacial score (nSPS) is 17.7. The van der Waals surface area contributed by atoms with Gasteiger partial charge < -0.3 is 16.0 Å². The zero-order chi connectivity index (χ0) is 13.8. The van der Waals surface area contributed by atoms with Gasteiger partial charge in [-0.1, -0.05) is 22.9 Å². The molecule has 1 saturated heterocycles. The van der Waals surface area contributed by atoms with E-state index in [1.807, 2.05) is 6.07 Å². The van der Waals surface area contributed by atoms with Gasteiger partial charge in [-0.2, -0.15) is 0 Å². The first-order valence-electron chi connectivity index (χ1n) is 6.65. The lowest BCUT2D eigenvalue weighted by Gasteiger charge is -2.14. The Morgan fingerprint density at radius 3 is 2.76 bits per heavy atom. The Hall–Kier alpha value is -0.490. The van der Waals surface area contributed by atoms with Crippen molar-refractivity contribution in [1.29, 1.82) is 0 Å². The number of carbonyl (C=O) groups excluding carboxylic acids is 1. The monoisotopic (exact) mass is 397 g/mol. The lowest BCUT2D eigenvalue weighted by Crippen LogP contribution is -2.31. The van der Waals surface area contributed by atoms with E-state index in [-0.39, 0.29) is 30.7 Å². The van der Waals surface area contributed by atoms with Crippen LogP contribution < -0.4 is 11.1 Å². The summed E-state index contributed by atoms with van der Waals surface area (Å²) < 4.78 is 0.885. The standard InChI is InChI=1S/C14H20BrN3O.2ClH/c1-2-18-6-5-10(9-18)8-17-14(19)12-4-3-11(15)7-13(12)16;;/h3-4,7,10H,2,5-6,8-9,16H2,1H3,(H,17,19);2*1H. The number of hydrogen-bond acceptors (Lipinski definition) is 3. The average molecular weight is 399 g/mol. The van der Waals surface area contributed by atoms with Crippen molar-refractivity contribution in [3.63, 3.8) is 0 Å². The summed E-state index contributed by atoms with van der Waals surface area (Å²) in [6, 6.07) is 5.34. The van der Waals surface area contributed by atoms with Gasteiger partial charge >= 0.3 is 0 Å². The van der Waals surface area contributed by atoms with Crippen LogP contribution in [-0.2, 0) is 0 Å². The number of rotatable bonds is 4. The van der Waals surface area contributed by atoms with Crippen molar-refractivity contribution < 1.29 is 4.79 Å². The number of anilines is 1. The van der Waals surface area contributed by atoms with E-state index in [4.69, 9.17) is 5.73 Å². The van der Waals surface area contributed by atoms with Gasteiger partial charge in [0.1, 0.15) is 0 Å². The first kappa shape index (κ1) is 20.5. The number of nitrogen functional groups attached to an aromatic ring is 1. The molecule has 21 heavy (non-hydrogen) atoms. The summed E-state index contributed by atoms with van der Waals surface area (Å²) in [5.74, 6) is 0.473. The fourth-order valence-corrected chi connectivity index (χ4v) is 2.82. The number of nitrogens with one attached hydrogen (secondary N) is 1. The molecule has 1 unspecified atom stereocenters. The van der Waals surface area contributed by atoms with Crippen molar-refractivity contribution >= 4 is 52.3 Å². The quantitative estimate of drug-likeness (QED) is 0.766. The second kappa shape index (κ2) is 9.51. The maximum Gasteiger partial charge on any atom is 0.253 e. The molecule has 1 fully saturated rings. The molecule has 2 rings (SSSR count). The van der Waals surface area contributed by atoms with E-state index in [0.717, 1.165) is 37.1 Å². The highest BCUT2D eigenvalue weighted by Crippen LogP contribution is 2.19. The Kier molecular flexibility index (Phi) is 9.29. The van der Waals surface area contributed by atoms with Gasteiger partial charge in [-0.25, -0.2) is 0 Å². The molecule has 1 aromatic rings. The molecule has 1 atom stereocenters. The van der Waals surface area contributed by atoms with Crippen LogP contribution in [0.5, 0.6) is 0 Å². The van der Waals surface area contributed by atoms with E-state index in [1.54, 1.807) is 12.1 Å². The second-order valence-electron chi connectivity index (χ2n) is 4.99. The molecule has 1 heterocycles. The van der Waals surface area contributed by atoms with Crippen molar-refractivity contribution in [3.8, 4) is 0 Å². The van der Waals surface area contributed by atoms with Crippen LogP contribution in [0, 0.1) is 5.92 Å². The molecule has 0 aromatic heterocycles. The van der Waals surface area contributed by atoms with Crippen LogP contribution in [0.1, 0.15) is 23.7 Å². The summed E-state index contributed by atoms with van der Waals surface area (Å²) in [7, 11) is 0. The minimum atomic E-state index is -0.0834. The average Bonchev–Trinajstić information content (AvgIpc) is 2.84. The van der Waals surface area contributed by atoms with Crippen LogP contribution in [0.15, 0.2) is 22.7 Å². The molecule has 7 heteroatoms. The minimum absolute atomic E-state index is 0. The number of nitrogens with two attached hydrogens (primary N) is 1. The molecule has 1 aromatic carbocycles. The van der Waals surface area contributed by atoms with Gasteiger partial charge in [0, 0.05) is 23.2 Å². The van der Waals surface area contributed by atoms with Gasteiger partial charge in [-0.15, -0.1) is 24.8 Å². The second-order valence-corrected chi connectivity index (χ2v) is 5.91. The largest absolute Gasteiger partial charge is 0.398 e. The van der Waals surface area contributed by atoms with Crippen LogP contribution in [0.4, 0.5) is 5.69 Å². The lowest BCUT2D eigenvalue weighted by atomic mass is 10.1. The summed E-state index contributed by atoms with van der Waals surface area (Å²) in [4.78, 5) is 14.5. The van der Waals surface area contributed by atoms with E-state index < -0.39 is 0 Å². The summed E-state index contributed by atoms with van der Waals surface area (Å²) in [5, 5.41) is 2.98. The van der Waals surface area contributed by atoms with Crippen LogP contribution in [-0.4, -0.2) is 37.0 Å². The highest BCUT2D eigenvalue weighted by molar-refractivity contribution is 9.10. The SMILES string of the molecule is CCN1CCC(CNC(=O)c2ccc(Br)cc2N)C1.Cl.Cl. The Labute approximate surface area is 146 Å². The third-order valence-electron chi connectivity index (χ3n) is 3.63. The van der Waals surface area contributed by atoms with Crippen LogP contribution >= 0.6 is 40.7 Å². The highest BCUT2D eigenvalue weighted by atomic mass is 79.9. The van der Waals surface area contributed by atoms with Gasteiger partial charge in [0.15, 0.2) is 0 Å². The zero-order valence-corrected chi connectivity index (χ0v) is 15.2. The maximum absolute atomic E-state index is 12.1. The molecule has 1 amide bonds. The fourth-order valence-electron chi connectivity index (χ4n) is 2.44. The predicted octanol–water partition coefficient (Wildman–Crippen LogP) is 2.95. The number of halogens is 3. The van der Waals surface area contributed by atoms with Gasteiger partial charge in [-0.05, 0) is 43.6 Å². The molecule has 1 aliphatic rings. The van der Waals surface area contributed by atoms with Gasteiger partial charge in [0.25, 0.3) is 5.91 Å². The Balaban J connectivity index is 0.00000200. The van der Waals surface area contributed by atoms with E-state index in [2.05, 4.69) is 33.1 Å². The molecule has 0 spiro atoms. The fraction of sp³-hybridized carbons (Fsp3) is 0.500. The van der Waals surface area contributed by atoms with Crippen molar-refractivity contribution in [2.75, 3.05) is 31.9 Å². The first-order chi connectivity index (χ1) is 9.10. The molecular formula is C14H22BrCl2N3O. The Morgan fingerprint density at radius 1 is 1.48 bits per heavy atom. The van der Waals surface area contributed by atoms with Gasteiger partial charge in [0.2, 0.25) is 0 Å². The molecule has 1 aliphatic heterocycles. The Bertz CT molecular complexity index is 474. The summed E-state index contributed by atoms with van der Waals surface area (Å²) in [6.45, 7) is 6.20. The molecule has 0 aliphatic carbocycles. The number of carbonyl (C=O) groups is 1. The van der Waals surface area contributed by atoms with Gasteiger partial charge in [0.05, 0.1) is 5.56 Å². The third kappa shape index (κ3) is 5.66. The number of amides is 1. The zero-order valence-electron chi connectivity index (χ0n) is 12.0. The number of benzene rings is 1.